The minimum atomic E-state index is 0.972. The first-order valence-electron chi connectivity index (χ1n) is 7.34. The first-order chi connectivity index (χ1) is 8.36. The van der Waals surface area contributed by atoms with Crippen LogP contribution in [0.3, 0.4) is 0 Å². The summed E-state index contributed by atoms with van der Waals surface area (Å²) in [7, 11) is 2.05. The molecule has 2 nitrogen and oxygen atoms in total. The summed E-state index contributed by atoms with van der Waals surface area (Å²) in [5, 5.41) is 3.26. The lowest BCUT2D eigenvalue weighted by Crippen LogP contribution is -2.35. The van der Waals surface area contributed by atoms with Crippen molar-refractivity contribution in [2.24, 2.45) is 5.92 Å². The first-order valence-corrected chi connectivity index (χ1v) is 7.34. The van der Waals surface area contributed by atoms with E-state index in [1.165, 1.54) is 71.1 Å². The van der Waals surface area contributed by atoms with Gasteiger partial charge in [0, 0.05) is 0 Å². The molecule has 1 aliphatic heterocycles. The molecule has 0 aromatic heterocycles. The lowest BCUT2D eigenvalue weighted by atomic mass is 9.93. The van der Waals surface area contributed by atoms with Gasteiger partial charge in [0.25, 0.3) is 0 Å². The van der Waals surface area contributed by atoms with Crippen LogP contribution in [0.25, 0.3) is 0 Å². The lowest BCUT2D eigenvalue weighted by Gasteiger charge is -2.31. The molecule has 0 saturated carbocycles. The van der Waals surface area contributed by atoms with E-state index in [1.807, 2.05) is 6.08 Å². The topological polar surface area (TPSA) is 15.3 Å². The first kappa shape index (κ1) is 14.7. The van der Waals surface area contributed by atoms with E-state index in [2.05, 4.69) is 23.8 Å². The molecule has 0 bridgehead atoms. The predicted octanol–water partition coefficient (Wildman–Crippen LogP) is 3.05. The molecule has 1 rings (SSSR count). The van der Waals surface area contributed by atoms with Crippen LogP contribution in [0.5, 0.6) is 0 Å². The molecule has 0 aromatic rings. The third-order valence-corrected chi connectivity index (χ3v) is 3.89. The van der Waals surface area contributed by atoms with Crippen LogP contribution in [0.4, 0.5) is 0 Å². The van der Waals surface area contributed by atoms with Gasteiger partial charge in [0.15, 0.2) is 0 Å². The summed E-state index contributed by atoms with van der Waals surface area (Å²) in [4.78, 5) is 2.66. The lowest BCUT2D eigenvalue weighted by molar-refractivity contribution is 0.176. The molecule has 0 aromatic carbocycles. The summed E-state index contributed by atoms with van der Waals surface area (Å²) in [6, 6.07) is 0. The van der Waals surface area contributed by atoms with Crippen molar-refractivity contribution in [1.29, 1.82) is 0 Å². The fraction of sp³-hybridized carbons (Fsp3) is 0.867. The van der Waals surface area contributed by atoms with Crippen LogP contribution < -0.4 is 5.32 Å². The predicted molar refractivity (Wildman–Crippen MR) is 76.4 cm³/mol. The molecular formula is C15H30N2. The Morgan fingerprint density at radius 3 is 2.65 bits per heavy atom. The minimum Gasteiger partial charge on any atom is -0.320 e. The van der Waals surface area contributed by atoms with Gasteiger partial charge in [-0.1, -0.05) is 12.5 Å². The molecule has 1 heterocycles. The average Bonchev–Trinajstić information content (AvgIpc) is 2.37. The molecule has 0 amide bonds. The Kier molecular flexibility index (Phi) is 8.37. The SMILES string of the molecule is C=CCCCCCN1CCC(CCNC)CC1. The second-order valence-corrected chi connectivity index (χ2v) is 5.32. The molecule has 0 spiro atoms. The molecule has 17 heavy (non-hydrogen) atoms. The molecule has 0 aliphatic carbocycles. The molecule has 2 heteroatoms. The number of unbranched alkanes of at least 4 members (excludes halogenated alkanes) is 3. The Bertz CT molecular complexity index is 183. The van der Waals surface area contributed by atoms with Gasteiger partial charge in [-0.2, -0.15) is 0 Å². The van der Waals surface area contributed by atoms with Crippen molar-refractivity contribution in [1.82, 2.24) is 10.2 Å². The number of hydrogen-bond acceptors (Lipinski definition) is 2. The fourth-order valence-electron chi connectivity index (χ4n) is 2.65. The van der Waals surface area contributed by atoms with Gasteiger partial charge in [-0.3, -0.25) is 0 Å². The third kappa shape index (κ3) is 6.85. The van der Waals surface area contributed by atoms with Crippen molar-refractivity contribution < 1.29 is 0 Å². The Balaban J connectivity index is 1.97. The van der Waals surface area contributed by atoms with Crippen molar-refractivity contribution in [3.8, 4) is 0 Å². The van der Waals surface area contributed by atoms with E-state index >= 15 is 0 Å². The Hall–Kier alpha value is -0.340. The van der Waals surface area contributed by atoms with Crippen LogP contribution in [0.1, 0.15) is 44.9 Å². The summed E-state index contributed by atoms with van der Waals surface area (Å²) in [5.41, 5.74) is 0. The second kappa shape index (κ2) is 9.67. The van der Waals surface area contributed by atoms with Crippen LogP contribution in [0.15, 0.2) is 12.7 Å². The van der Waals surface area contributed by atoms with Crippen molar-refractivity contribution in [3.63, 3.8) is 0 Å². The smallest absolute Gasteiger partial charge is 0.00161 e. The maximum atomic E-state index is 3.77. The van der Waals surface area contributed by atoms with Gasteiger partial charge in [0.2, 0.25) is 0 Å². The highest BCUT2D eigenvalue weighted by Crippen LogP contribution is 2.20. The highest BCUT2D eigenvalue weighted by Gasteiger charge is 2.17. The monoisotopic (exact) mass is 238 g/mol. The van der Waals surface area contributed by atoms with E-state index in [4.69, 9.17) is 0 Å². The molecule has 100 valence electrons. The highest BCUT2D eigenvalue weighted by molar-refractivity contribution is 4.73. The number of nitrogens with one attached hydrogen (secondary N) is 1. The van der Waals surface area contributed by atoms with Crippen molar-refractivity contribution in [2.45, 2.75) is 44.9 Å². The number of likely N-dealkylation sites (tertiary alicyclic amines) is 1. The van der Waals surface area contributed by atoms with Crippen LogP contribution in [0, 0.1) is 5.92 Å². The van der Waals surface area contributed by atoms with Gasteiger partial charge >= 0.3 is 0 Å². The molecule has 1 aliphatic rings. The summed E-state index contributed by atoms with van der Waals surface area (Å²) in [6.07, 6.45) is 11.5. The molecule has 0 radical (unpaired) electrons. The Morgan fingerprint density at radius 2 is 2.00 bits per heavy atom. The van der Waals surface area contributed by atoms with Crippen molar-refractivity contribution >= 4 is 0 Å². The highest BCUT2D eigenvalue weighted by atomic mass is 15.1. The number of allylic oxidation sites excluding steroid dienone is 1. The normalized spacial score (nSPS) is 18.4. The quantitative estimate of drug-likeness (QED) is 0.490. The zero-order chi connectivity index (χ0) is 12.3. The fourth-order valence-corrected chi connectivity index (χ4v) is 2.65. The summed E-state index contributed by atoms with van der Waals surface area (Å²) in [6.45, 7) is 8.93. The van der Waals surface area contributed by atoms with Crippen LogP contribution in [0.2, 0.25) is 0 Å². The van der Waals surface area contributed by atoms with E-state index in [9.17, 15) is 0 Å². The zero-order valence-electron chi connectivity index (χ0n) is 11.6. The van der Waals surface area contributed by atoms with Crippen molar-refractivity contribution in [2.75, 3.05) is 33.2 Å². The molecule has 1 N–H and O–H groups in total. The molecule has 0 atom stereocenters. The van der Waals surface area contributed by atoms with E-state index in [0.717, 1.165) is 5.92 Å². The Morgan fingerprint density at radius 1 is 1.24 bits per heavy atom. The standard InChI is InChI=1S/C15H30N2/c1-3-4-5-6-7-12-17-13-9-15(10-14-17)8-11-16-2/h3,15-16H,1,4-14H2,2H3. The maximum absolute atomic E-state index is 3.77. The van der Waals surface area contributed by atoms with Crippen LogP contribution in [-0.2, 0) is 0 Å². The number of piperidine rings is 1. The third-order valence-electron chi connectivity index (χ3n) is 3.89. The van der Waals surface area contributed by atoms with E-state index in [-0.39, 0.29) is 0 Å². The van der Waals surface area contributed by atoms with E-state index < -0.39 is 0 Å². The summed E-state index contributed by atoms with van der Waals surface area (Å²) >= 11 is 0. The summed E-state index contributed by atoms with van der Waals surface area (Å²) < 4.78 is 0. The average molecular weight is 238 g/mol. The minimum absolute atomic E-state index is 0.972. The van der Waals surface area contributed by atoms with Crippen molar-refractivity contribution in [3.05, 3.63) is 12.7 Å². The zero-order valence-corrected chi connectivity index (χ0v) is 11.6. The number of nitrogens with zero attached hydrogens (tertiary/aromatic N) is 1. The summed E-state index contributed by atoms with van der Waals surface area (Å²) in [5.74, 6) is 0.972. The van der Waals surface area contributed by atoms with Gasteiger partial charge < -0.3 is 10.2 Å². The van der Waals surface area contributed by atoms with Gasteiger partial charge in [-0.05, 0) is 77.7 Å². The van der Waals surface area contributed by atoms with E-state index in [0.29, 0.717) is 0 Å². The maximum Gasteiger partial charge on any atom is -0.00161 e. The van der Waals surface area contributed by atoms with Gasteiger partial charge in [0.1, 0.15) is 0 Å². The van der Waals surface area contributed by atoms with Gasteiger partial charge in [-0.15, -0.1) is 6.58 Å². The molecule has 1 fully saturated rings. The van der Waals surface area contributed by atoms with Crippen LogP contribution >= 0.6 is 0 Å². The largest absolute Gasteiger partial charge is 0.320 e. The van der Waals surface area contributed by atoms with Gasteiger partial charge in [0.05, 0.1) is 0 Å². The molecule has 0 unspecified atom stereocenters. The Labute approximate surface area is 107 Å². The molecule has 1 saturated heterocycles. The second-order valence-electron chi connectivity index (χ2n) is 5.32. The van der Waals surface area contributed by atoms with Crippen LogP contribution in [-0.4, -0.2) is 38.1 Å². The number of hydrogen-bond donors (Lipinski definition) is 1. The van der Waals surface area contributed by atoms with Gasteiger partial charge in [-0.25, -0.2) is 0 Å². The van der Waals surface area contributed by atoms with E-state index in [1.54, 1.807) is 0 Å². The number of rotatable bonds is 9. The molecular weight excluding hydrogens is 208 g/mol.